The number of carbonyl (C=O) groups excluding carboxylic acids is 1. The van der Waals surface area contributed by atoms with E-state index >= 15 is 0 Å². The number of carbonyl (C=O) groups is 1. The molecule has 1 aromatic carbocycles. The van der Waals surface area contributed by atoms with Crippen LogP contribution in [-0.2, 0) is 10.2 Å². The molecule has 0 aliphatic carbocycles. The fraction of sp³-hybridized carbons (Fsp3) is 0.364. The minimum absolute atomic E-state index is 0.164. The van der Waals surface area contributed by atoms with Gasteiger partial charge in [-0.2, -0.15) is 12.7 Å². The van der Waals surface area contributed by atoms with E-state index in [0.29, 0.717) is 28.1 Å². The van der Waals surface area contributed by atoms with Crippen LogP contribution in [0.15, 0.2) is 22.7 Å². The van der Waals surface area contributed by atoms with Crippen molar-refractivity contribution >= 4 is 43.6 Å². The predicted octanol–water partition coefficient (Wildman–Crippen LogP) is 1.06. The number of amides is 1. The molecule has 2 N–H and O–H groups in total. The van der Waals surface area contributed by atoms with Gasteiger partial charge in [0.25, 0.3) is 16.1 Å². The molecule has 1 amide bonds. The molecule has 0 aromatic heterocycles. The number of hydrogen-bond donors (Lipinski definition) is 1. The van der Waals surface area contributed by atoms with Crippen LogP contribution in [0.3, 0.4) is 0 Å². The SMILES string of the molecule is NS(=O)(=O)N1CCN(C(=O)c2ccc(Cl)cc2Br)CC1. The minimum Gasteiger partial charge on any atom is -0.336 e. The second kappa shape index (κ2) is 5.98. The predicted molar refractivity (Wildman–Crippen MR) is 79.7 cm³/mol. The number of halogens is 2. The standard InChI is InChI=1S/C11H13BrClN3O3S/c12-10-7-8(13)1-2-9(10)11(17)15-3-5-16(6-4-15)20(14,18)19/h1-2,7H,3-6H2,(H2,14,18,19). The van der Waals surface area contributed by atoms with E-state index in [2.05, 4.69) is 15.9 Å². The van der Waals surface area contributed by atoms with Crippen molar-refractivity contribution in [3.05, 3.63) is 33.3 Å². The van der Waals surface area contributed by atoms with Crippen LogP contribution in [0.5, 0.6) is 0 Å². The Morgan fingerprint density at radius 3 is 2.35 bits per heavy atom. The van der Waals surface area contributed by atoms with Crippen molar-refractivity contribution in [2.45, 2.75) is 0 Å². The van der Waals surface area contributed by atoms with Gasteiger partial charge in [0, 0.05) is 35.7 Å². The highest BCUT2D eigenvalue weighted by Gasteiger charge is 2.27. The number of nitrogens with two attached hydrogens (primary N) is 1. The molecule has 20 heavy (non-hydrogen) atoms. The average Bonchev–Trinajstić information content (AvgIpc) is 2.37. The Kier molecular flexibility index (Phi) is 4.70. The van der Waals surface area contributed by atoms with Gasteiger partial charge in [0.1, 0.15) is 0 Å². The van der Waals surface area contributed by atoms with Crippen LogP contribution in [0.1, 0.15) is 10.4 Å². The first-order chi connectivity index (χ1) is 9.29. The molecule has 0 radical (unpaired) electrons. The highest BCUT2D eigenvalue weighted by atomic mass is 79.9. The van der Waals surface area contributed by atoms with Gasteiger partial charge in [-0.15, -0.1) is 0 Å². The zero-order valence-electron chi connectivity index (χ0n) is 10.4. The number of benzene rings is 1. The molecular weight excluding hydrogens is 370 g/mol. The van der Waals surface area contributed by atoms with E-state index in [0.717, 1.165) is 4.31 Å². The maximum atomic E-state index is 12.3. The van der Waals surface area contributed by atoms with Crippen molar-refractivity contribution < 1.29 is 13.2 Å². The summed E-state index contributed by atoms with van der Waals surface area (Å²) in [5.41, 5.74) is 0.499. The smallest absolute Gasteiger partial charge is 0.277 e. The third-order valence-corrected chi connectivity index (χ3v) is 5.02. The fourth-order valence-electron chi connectivity index (χ4n) is 1.98. The molecule has 1 heterocycles. The lowest BCUT2D eigenvalue weighted by atomic mass is 10.2. The van der Waals surface area contributed by atoms with Crippen molar-refractivity contribution in [2.75, 3.05) is 26.2 Å². The first kappa shape index (κ1) is 15.7. The number of nitrogens with zero attached hydrogens (tertiary/aromatic N) is 2. The van der Waals surface area contributed by atoms with E-state index in [1.807, 2.05) is 0 Å². The summed E-state index contributed by atoms with van der Waals surface area (Å²) in [5.74, 6) is -0.164. The third-order valence-electron chi connectivity index (χ3n) is 3.05. The molecule has 0 unspecified atom stereocenters. The highest BCUT2D eigenvalue weighted by molar-refractivity contribution is 9.10. The highest BCUT2D eigenvalue weighted by Crippen LogP contribution is 2.23. The molecule has 1 fully saturated rings. The van der Waals surface area contributed by atoms with Crippen LogP contribution in [0.25, 0.3) is 0 Å². The zero-order valence-corrected chi connectivity index (χ0v) is 13.6. The van der Waals surface area contributed by atoms with Crippen molar-refractivity contribution in [3.8, 4) is 0 Å². The van der Waals surface area contributed by atoms with Gasteiger partial charge in [0.2, 0.25) is 0 Å². The first-order valence-corrected chi connectivity index (χ1v) is 8.48. The molecule has 1 aliphatic heterocycles. The molecule has 0 bridgehead atoms. The van der Waals surface area contributed by atoms with Crippen molar-refractivity contribution in [2.24, 2.45) is 5.14 Å². The molecule has 1 saturated heterocycles. The minimum atomic E-state index is -3.68. The monoisotopic (exact) mass is 381 g/mol. The van der Waals surface area contributed by atoms with Crippen LogP contribution in [0.2, 0.25) is 5.02 Å². The summed E-state index contributed by atoms with van der Waals surface area (Å²) in [5, 5.41) is 5.59. The van der Waals surface area contributed by atoms with Crippen LogP contribution >= 0.6 is 27.5 Å². The summed E-state index contributed by atoms with van der Waals surface area (Å²) in [7, 11) is -3.68. The van der Waals surface area contributed by atoms with E-state index in [-0.39, 0.29) is 19.0 Å². The Morgan fingerprint density at radius 1 is 1.25 bits per heavy atom. The summed E-state index contributed by atoms with van der Waals surface area (Å²) >= 11 is 9.13. The van der Waals surface area contributed by atoms with Gasteiger partial charge < -0.3 is 4.90 Å². The molecule has 2 rings (SSSR count). The summed E-state index contributed by atoms with van der Waals surface area (Å²) in [4.78, 5) is 13.9. The molecular formula is C11H13BrClN3O3S. The van der Waals surface area contributed by atoms with Crippen LogP contribution < -0.4 is 5.14 Å². The van der Waals surface area contributed by atoms with Gasteiger partial charge in [-0.25, -0.2) is 5.14 Å². The molecule has 0 spiro atoms. The van der Waals surface area contributed by atoms with Crippen molar-refractivity contribution in [1.29, 1.82) is 0 Å². The Bertz CT molecular complexity index is 630. The summed E-state index contributed by atoms with van der Waals surface area (Å²) in [6, 6.07) is 4.93. The molecule has 0 atom stereocenters. The van der Waals surface area contributed by atoms with E-state index in [1.165, 1.54) is 0 Å². The van der Waals surface area contributed by atoms with Gasteiger partial charge >= 0.3 is 0 Å². The number of piperazine rings is 1. The Balaban J connectivity index is 2.09. The maximum absolute atomic E-state index is 12.3. The largest absolute Gasteiger partial charge is 0.336 e. The normalized spacial score (nSPS) is 17.2. The van der Waals surface area contributed by atoms with E-state index in [1.54, 1.807) is 23.1 Å². The Morgan fingerprint density at radius 2 is 1.85 bits per heavy atom. The first-order valence-electron chi connectivity index (χ1n) is 5.81. The summed E-state index contributed by atoms with van der Waals surface area (Å²) < 4.78 is 24.2. The van der Waals surface area contributed by atoms with Crippen molar-refractivity contribution in [3.63, 3.8) is 0 Å². The lowest BCUT2D eigenvalue weighted by Gasteiger charge is -2.33. The van der Waals surface area contributed by atoms with Gasteiger partial charge in [0.05, 0.1) is 5.56 Å². The molecule has 0 saturated carbocycles. The quantitative estimate of drug-likeness (QED) is 0.830. The molecule has 1 aliphatic rings. The average molecular weight is 383 g/mol. The van der Waals surface area contributed by atoms with Gasteiger partial charge in [0.15, 0.2) is 0 Å². The number of hydrogen-bond acceptors (Lipinski definition) is 3. The molecule has 6 nitrogen and oxygen atoms in total. The topological polar surface area (TPSA) is 83.7 Å². The molecule has 110 valence electrons. The van der Waals surface area contributed by atoms with E-state index < -0.39 is 10.2 Å². The summed E-state index contributed by atoms with van der Waals surface area (Å²) in [6.07, 6.45) is 0. The summed E-state index contributed by atoms with van der Waals surface area (Å²) in [6.45, 7) is 1.03. The number of rotatable bonds is 2. The van der Waals surface area contributed by atoms with E-state index in [9.17, 15) is 13.2 Å². The second-order valence-electron chi connectivity index (χ2n) is 4.36. The van der Waals surface area contributed by atoms with Gasteiger partial charge in [-0.3, -0.25) is 4.79 Å². The van der Waals surface area contributed by atoms with Crippen LogP contribution in [0, 0.1) is 0 Å². The van der Waals surface area contributed by atoms with Gasteiger partial charge in [-0.05, 0) is 34.1 Å². The lowest BCUT2D eigenvalue weighted by molar-refractivity contribution is 0.0697. The van der Waals surface area contributed by atoms with Crippen LogP contribution in [-0.4, -0.2) is 49.7 Å². The Labute approximate surface area is 130 Å². The van der Waals surface area contributed by atoms with Crippen molar-refractivity contribution in [1.82, 2.24) is 9.21 Å². The zero-order chi connectivity index (χ0) is 14.9. The second-order valence-corrected chi connectivity index (χ2v) is 7.20. The molecule has 1 aromatic rings. The van der Waals surface area contributed by atoms with E-state index in [4.69, 9.17) is 16.7 Å². The third kappa shape index (κ3) is 3.50. The maximum Gasteiger partial charge on any atom is 0.277 e. The van der Waals surface area contributed by atoms with Gasteiger partial charge in [-0.1, -0.05) is 11.6 Å². The van der Waals surface area contributed by atoms with Crippen LogP contribution in [0.4, 0.5) is 0 Å². The fourth-order valence-corrected chi connectivity index (χ4v) is 3.50. The molecule has 9 heteroatoms. The Hall–Kier alpha value is -0.670. The lowest BCUT2D eigenvalue weighted by Crippen LogP contribution is -2.52.